The third-order valence-corrected chi connectivity index (χ3v) is 4.40. The van der Waals surface area contributed by atoms with E-state index in [1.165, 1.54) is 25.7 Å². The summed E-state index contributed by atoms with van der Waals surface area (Å²) in [7, 11) is 0. The van der Waals surface area contributed by atoms with Crippen LogP contribution in [-0.4, -0.2) is 47.7 Å². The zero-order valence-electron chi connectivity index (χ0n) is 14.1. The van der Waals surface area contributed by atoms with Crippen molar-refractivity contribution < 1.29 is 9.90 Å². The molecule has 4 heteroatoms. The van der Waals surface area contributed by atoms with Crippen LogP contribution in [0.4, 0.5) is 0 Å². The molecule has 0 radical (unpaired) electrons. The minimum Gasteiger partial charge on any atom is -0.395 e. The van der Waals surface area contributed by atoms with Crippen LogP contribution < -0.4 is 5.32 Å². The van der Waals surface area contributed by atoms with E-state index in [1.54, 1.807) is 0 Å². The Morgan fingerprint density at radius 2 is 1.90 bits per heavy atom. The molecule has 1 saturated carbocycles. The van der Waals surface area contributed by atoms with Crippen LogP contribution in [0.1, 0.15) is 65.7 Å². The van der Waals surface area contributed by atoms with E-state index in [0.29, 0.717) is 19.1 Å². The molecule has 0 saturated heterocycles. The molecule has 0 heterocycles. The zero-order valence-corrected chi connectivity index (χ0v) is 14.1. The maximum atomic E-state index is 12.2. The summed E-state index contributed by atoms with van der Waals surface area (Å²) in [5.74, 6) is 0.836. The lowest BCUT2D eigenvalue weighted by atomic mass is 10.0. The van der Waals surface area contributed by atoms with Crippen LogP contribution in [0.25, 0.3) is 0 Å². The Hall–Kier alpha value is -0.610. The van der Waals surface area contributed by atoms with Gasteiger partial charge in [0.1, 0.15) is 0 Å². The fourth-order valence-corrected chi connectivity index (χ4v) is 3.20. The SMILES string of the molecule is CC(C)CCCC(C)NC(=O)CN(CCO)C1CCCC1. The summed E-state index contributed by atoms with van der Waals surface area (Å²) in [5, 5.41) is 12.3. The first-order chi connectivity index (χ1) is 10.0. The molecule has 0 aromatic heterocycles. The summed E-state index contributed by atoms with van der Waals surface area (Å²) in [4.78, 5) is 14.3. The van der Waals surface area contributed by atoms with Crippen molar-refractivity contribution in [1.29, 1.82) is 0 Å². The number of aliphatic hydroxyl groups is 1. The molecule has 124 valence electrons. The van der Waals surface area contributed by atoms with Crippen molar-refractivity contribution in [2.24, 2.45) is 5.92 Å². The first-order valence-electron chi connectivity index (χ1n) is 8.67. The Morgan fingerprint density at radius 3 is 2.48 bits per heavy atom. The Labute approximate surface area is 130 Å². The van der Waals surface area contributed by atoms with Gasteiger partial charge in [0.25, 0.3) is 0 Å². The maximum absolute atomic E-state index is 12.2. The average molecular weight is 298 g/mol. The molecular formula is C17H34N2O2. The first kappa shape index (κ1) is 18.4. The summed E-state index contributed by atoms with van der Waals surface area (Å²) in [5.41, 5.74) is 0. The maximum Gasteiger partial charge on any atom is 0.234 e. The smallest absolute Gasteiger partial charge is 0.234 e. The molecule has 2 N–H and O–H groups in total. The van der Waals surface area contributed by atoms with Crippen LogP contribution in [-0.2, 0) is 4.79 Å². The van der Waals surface area contributed by atoms with Crippen LogP contribution in [0.5, 0.6) is 0 Å². The van der Waals surface area contributed by atoms with Gasteiger partial charge in [0.05, 0.1) is 13.2 Å². The highest BCUT2D eigenvalue weighted by Gasteiger charge is 2.24. The van der Waals surface area contributed by atoms with Crippen molar-refractivity contribution in [2.75, 3.05) is 19.7 Å². The number of amides is 1. The van der Waals surface area contributed by atoms with E-state index in [0.717, 1.165) is 25.2 Å². The van der Waals surface area contributed by atoms with Gasteiger partial charge in [-0.1, -0.05) is 39.5 Å². The van der Waals surface area contributed by atoms with Crippen LogP contribution in [0.15, 0.2) is 0 Å². The number of aliphatic hydroxyl groups excluding tert-OH is 1. The van der Waals surface area contributed by atoms with Crippen LogP contribution in [0.2, 0.25) is 0 Å². The third-order valence-electron chi connectivity index (χ3n) is 4.40. The molecule has 21 heavy (non-hydrogen) atoms. The second-order valence-electron chi connectivity index (χ2n) is 6.93. The van der Waals surface area contributed by atoms with E-state index in [4.69, 9.17) is 0 Å². The fourth-order valence-electron chi connectivity index (χ4n) is 3.20. The molecule has 1 unspecified atom stereocenters. The van der Waals surface area contributed by atoms with Gasteiger partial charge in [0.15, 0.2) is 0 Å². The van der Waals surface area contributed by atoms with Crippen molar-refractivity contribution in [3.05, 3.63) is 0 Å². The molecule has 0 aliphatic heterocycles. The summed E-state index contributed by atoms with van der Waals surface area (Å²) in [6.45, 7) is 7.73. The van der Waals surface area contributed by atoms with E-state index >= 15 is 0 Å². The Kier molecular flexibility index (Phi) is 8.93. The molecule has 0 aromatic rings. The normalized spacial score (nSPS) is 17.6. The molecule has 4 nitrogen and oxygen atoms in total. The van der Waals surface area contributed by atoms with Crippen molar-refractivity contribution in [3.8, 4) is 0 Å². The molecule has 1 rings (SSSR count). The van der Waals surface area contributed by atoms with E-state index in [9.17, 15) is 9.90 Å². The van der Waals surface area contributed by atoms with Crippen molar-refractivity contribution in [3.63, 3.8) is 0 Å². The predicted molar refractivity (Wildman–Crippen MR) is 87.2 cm³/mol. The van der Waals surface area contributed by atoms with Crippen molar-refractivity contribution in [1.82, 2.24) is 10.2 Å². The molecule has 0 bridgehead atoms. The highest BCUT2D eigenvalue weighted by molar-refractivity contribution is 5.78. The average Bonchev–Trinajstić information content (AvgIpc) is 2.91. The Balaban J connectivity index is 2.28. The number of rotatable bonds is 10. The van der Waals surface area contributed by atoms with Crippen LogP contribution >= 0.6 is 0 Å². The Bertz CT molecular complexity index is 289. The highest BCUT2D eigenvalue weighted by Crippen LogP contribution is 2.23. The number of hydrogen-bond donors (Lipinski definition) is 2. The third kappa shape index (κ3) is 7.82. The first-order valence-corrected chi connectivity index (χ1v) is 8.67. The molecular weight excluding hydrogens is 264 g/mol. The lowest BCUT2D eigenvalue weighted by Gasteiger charge is -2.28. The van der Waals surface area contributed by atoms with Gasteiger partial charge in [-0.15, -0.1) is 0 Å². The van der Waals surface area contributed by atoms with Crippen molar-refractivity contribution >= 4 is 5.91 Å². The fraction of sp³-hybridized carbons (Fsp3) is 0.941. The molecule has 1 aliphatic carbocycles. The minimum absolute atomic E-state index is 0.104. The second kappa shape index (κ2) is 10.2. The summed E-state index contributed by atoms with van der Waals surface area (Å²) < 4.78 is 0. The van der Waals surface area contributed by atoms with Crippen LogP contribution in [0, 0.1) is 5.92 Å². The topological polar surface area (TPSA) is 52.6 Å². The van der Waals surface area contributed by atoms with Gasteiger partial charge in [-0.05, 0) is 32.1 Å². The van der Waals surface area contributed by atoms with E-state index in [-0.39, 0.29) is 18.6 Å². The summed E-state index contributed by atoms with van der Waals surface area (Å²) in [6.07, 6.45) is 8.27. The zero-order chi connectivity index (χ0) is 15.7. The lowest BCUT2D eigenvalue weighted by Crippen LogP contribution is -2.45. The molecule has 1 atom stereocenters. The van der Waals surface area contributed by atoms with Crippen molar-refractivity contribution in [2.45, 2.75) is 77.8 Å². The van der Waals surface area contributed by atoms with Gasteiger partial charge in [0, 0.05) is 18.6 Å². The lowest BCUT2D eigenvalue weighted by molar-refractivity contribution is -0.123. The number of carbonyl (C=O) groups excluding carboxylic acids is 1. The van der Waals surface area contributed by atoms with Crippen LogP contribution in [0.3, 0.4) is 0 Å². The standard InChI is InChI=1S/C17H34N2O2/c1-14(2)7-6-8-15(3)18-17(21)13-19(11-12-20)16-9-4-5-10-16/h14-16,20H,4-13H2,1-3H3,(H,18,21). The van der Waals surface area contributed by atoms with E-state index < -0.39 is 0 Å². The predicted octanol–water partition coefficient (Wildman–Crippen LogP) is 2.55. The number of carbonyl (C=O) groups is 1. The second-order valence-corrected chi connectivity index (χ2v) is 6.93. The number of nitrogens with one attached hydrogen (secondary N) is 1. The van der Waals surface area contributed by atoms with Gasteiger partial charge in [-0.25, -0.2) is 0 Å². The minimum atomic E-state index is 0.104. The quantitative estimate of drug-likeness (QED) is 0.652. The highest BCUT2D eigenvalue weighted by atomic mass is 16.3. The summed E-state index contributed by atoms with van der Waals surface area (Å²) >= 11 is 0. The van der Waals surface area contributed by atoms with Gasteiger partial charge in [-0.2, -0.15) is 0 Å². The van der Waals surface area contributed by atoms with E-state index in [1.807, 2.05) is 0 Å². The van der Waals surface area contributed by atoms with Gasteiger partial charge >= 0.3 is 0 Å². The number of nitrogens with zero attached hydrogens (tertiary/aromatic N) is 1. The van der Waals surface area contributed by atoms with Gasteiger partial charge in [0.2, 0.25) is 5.91 Å². The monoisotopic (exact) mass is 298 g/mol. The van der Waals surface area contributed by atoms with E-state index in [2.05, 4.69) is 31.0 Å². The largest absolute Gasteiger partial charge is 0.395 e. The molecule has 0 aromatic carbocycles. The number of hydrogen-bond acceptors (Lipinski definition) is 3. The molecule has 1 amide bonds. The molecule has 1 aliphatic rings. The molecule has 1 fully saturated rings. The Morgan fingerprint density at radius 1 is 1.24 bits per heavy atom. The molecule has 0 spiro atoms. The summed E-state index contributed by atoms with van der Waals surface area (Å²) in [6, 6.07) is 0.731. The van der Waals surface area contributed by atoms with Gasteiger partial charge < -0.3 is 10.4 Å². The van der Waals surface area contributed by atoms with Gasteiger partial charge in [-0.3, -0.25) is 9.69 Å².